The zero-order valence-corrected chi connectivity index (χ0v) is 15.2. The lowest BCUT2D eigenvalue weighted by Gasteiger charge is -2.09. The number of halogens is 2. The molecule has 2 aromatic carbocycles. The summed E-state index contributed by atoms with van der Waals surface area (Å²) in [6, 6.07) is 9.28. The Morgan fingerprint density at radius 3 is 1.48 bits per heavy atom. The molecule has 0 bridgehead atoms. The predicted molar refractivity (Wildman–Crippen MR) is 86.8 cm³/mol. The van der Waals surface area contributed by atoms with Crippen LogP contribution in [0.15, 0.2) is 55.1 Å². The van der Waals surface area contributed by atoms with E-state index >= 15 is 0 Å². The fourth-order valence-corrected chi connectivity index (χ4v) is 4.46. The third kappa shape index (κ3) is 3.25. The van der Waals surface area contributed by atoms with E-state index in [1.807, 2.05) is 0 Å². The molecule has 0 radical (unpaired) electrons. The van der Waals surface area contributed by atoms with Gasteiger partial charge in [-0.1, -0.05) is 0 Å². The predicted octanol–water partition coefficient (Wildman–Crippen LogP) is 4.06. The second kappa shape index (κ2) is 6.37. The van der Waals surface area contributed by atoms with Gasteiger partial charge in [0.25, 0.3) is 0 Å². The first-order chi connectivity index (χ1) is 9.90. The second-order valence-corrected chi connectivity index (χ2v) is 7.75. The molecule has 2 rings (SSSR count). The lowest BCUT2D eigenvalue weighted by molar-refractivity contribution is 0.411. The van der Waals surface area contributed by atoms with Crippen LogP contribution in [0.5, 0.6) is 11.5 Å². The monoisotopic (exact) mass is 434 g/mol. The van der Waals surface area contributed by atoms with E-state index in [4.69, 9.17) is 9.47 Å². The maximum absolute atomic E-state index is 12.6. The summed E-state index contributed by atoms with van der Waals surface area (Å²) in [4.78, 5) is 0.375. The van der Waals surface area contributed by atoms with E-state index in [1.165, 1.54) is 38.5 Å². The van der Waals surface area contributed by atoms with Crippen LogP contribution in [-0.4, -0.2) is 22.6 Å². The van der Waals surface area contributed by atoms with E-state index in [-0.39, 0.29) is 9.79 Å². The molecule has 0 spiro atoms. The van der Waals surface area contributed by atoms with Gasteiger partial charge in [0.1, 0.15) is 11.5 Å². The van der Waals surface area contributed by atoms with Crippen LogP contribution >= 0.6 is 31.9 Å². The zero-order chi connectivity index (χ0) is 15.6. The highest BCUT2D eigenvalue weighted by molar-refractivity contribution is 9.10. The highest BCUT2D eigenvalue weighted by Crippen LogP contribution is 2.33. The molecule has 0 atom stereocenters. The van der Waals surface area contributed by atoms with Crippen LogP contribution in [0.1, 0.15) is 0 Å². The van der Waals surface area contributed by atoms with E-state index in [1.54, 1.807) is 12.1 Å². The maximum Gasteiger partial charge on any atom is 0.206 e. The van der Waals surface area contributed by atoms with Crippen molar-refractivity contribution in [1.29, 1.82) is 0 Å². The van der Waals surface area contributed by atoms with Gasteiger partial charge in [-0.15, -0.1) is 0 Å². The van der Waals surface area contributed by atoms with Crippen molar-refractivity contribution < 1.29 is 17.9 Å². The lowest BCUT2D eigenvalue weighted by Crippen LogP contribution is -2.02. The summed E-state index contributed by atoms with van der Waals surface area (Å²) in [5.74, 6) is 1.15. The second-order valence-electron chi connectivity index (χ2n) is 4.10. The molecule has 0 aliphatic heterocycles. The fourth-order valence-electron chi connectivity index (χ4n) is 1.76. The molecule has 2 aromatic rings. The van der Waals surface area contributed by atoms with Crippen molar-refractivity contribution in [3.8, 4) is 11.5 Å². The molecule has 0 aromatic heterocycles. The Balaban J connectivity index is 2.51. The van der Waals surface area contributed by atoms with Gasteiger partial charge in [-0.3, -0.25) is 0 Å². The van der Waals surface area contributed by atoms with Crippen LogP contribution < -0.4 is 9.47 Å². The number of benzene rings is 2. The molecule has 112 valence electrons. The number of ether oxygens (including phenoxy) is 2. The molecule has 0 aliphatic carbocycles. The fraction of sp³-hybridized carbons (Fsp3) is 0.143. The Morgan fingerprint density at radius 2 is 1.19 bits per heavy atom. The van der Waals surface area contributed by atoms with E-state index in [2.05, 4.69) is 31.9 Å². The molecular formula is C14H12Br2O4S. The van der Waals surface area contributed by atoms with Gasteiger partial charge in [-0.25, -0.2) is 8.42 Å². The molecule has 0 saturated carbocycles. The van der Waals surface area contributed by atoms with Crippen LogP contribution in [0.3, 0.4) is 0 Å². The molecule has 4 nitrogen and oxygen atoms in total. The molecule has 21 heavy (non-hydrogen) atoms. The van der Waals surface area contributed by atoms with Crippen LogP contribution in [0.2, 0.25) is 0 Å². The summed E-state index contributed by atoms with van der Waals surface area (Å²) in [5, 5.41) is 0. The summed E-state index contributed by atoms with van der Waals surface area (Å²) < 4.78 is 36.6. The minimum atomic E-state index is -3.61. The lowest BCUT2D eigenvalue weighted by atomic mass is 10.3. The van der Waals surface area contributed by atoms with Gasteiger partial charge < -0.3 is 9.47 Å². The van der Waals surface area contributed by atoms with Gasteiger partial charge >= 0.3 is 0 Å². The van der Waals surface area contributed by atoms with E-state index in [0.717, 1.165) is 0 Å². The third-order valence-electron chi connectivity index (χ3n) is 2.87. The normalized spacial score (nSPS) is 11.2. The number of hydrogen-bond donors (Lipinski definition) is 0. The number of sulfone groups is 1. The smallest absolute Gasteiger partial charge is 0.206 e. The van der Waals surface area contributed by atoms with E-state index in [0.29, 0.717) is 20.4 Å². The summed E-state index contributed by atoms with van der Waals surface area (Å²) in [6.07, 6.45) is 0. The average Bonchev–Trinajstić information content (AvgIpc) is 2.47. The molecular weight excluding hydrogens is 424 g/mol. The molecule has 0 N–H and O–H groups in total. The first-order valence-electron chi connectivity index (χ1n) is 5.82. The van der Waals surface area contributed by atoms with Crippen LogP contribution in [0.25, 0.3) is 0 Å². The Hall–Kier alpha value is -1.05. The van der Waals surface area contributed by atoms with Gasteiger partial charge in [0.15, 0.2) is 0 Å². The van der Waals surface area contributed by atoms with Crippen LogP contribution in [0, 0.1) is 0 Å². The minimum absolute atomic E-state index is 0.187. The van der Waals surface area contributed by atoms with Crippen LogP contribution in [-0.2, 0) is 9.84 Å². The molecule has 0 unspecified atom stereocenters. The average molecular weight is 436 g/mol. The third-order valence-corrected chi connectivity index (χ3v) is 5.86. The SMILES string of the molecule is COc1ccc(S(=O)(=O)c2ccc(OC)c(Br)c2)cc1Br. The molecule has 0 amide bonds. The first-order valence-corrected chi connectivity index (χ1v) is 8.89. The highest BCUT2D eigenvalue weighted by atomic mass is 79.9. The molecule has 7 heteroatoms. The topological polar surface area (TPSA) is 52.6 Å². The number of hydrogen-bond acceptors (Lipinski definition) is 4. The Bertz CT molecular complexity index is 713. The standard InChI is InChI=1S/C14H12Br2O4S/c1-19-13-5-3-9(7-11(13)15)21(17,18)10-4-6-14(20-2)12(16)8-10/h3-8H,1-2H3. The summed E-state index contributed by atoms with van der Waals surface area (Å²) in [6.45, 7) is 0. The molecule has 0 heterocycles. The van der Waals surface area contributed by atoms with Gasteiger partial charge in [0.05, 0.1) is 33.0 Å². The first kappa shape index (κ1) is 16.3. The van der Waals surface area contributed by atoms with Crippen molar-refractivity contribution in [3.63, 3.8) is 0 Å². The van der Waals surface area contributed by atoms with Gasteiger partial charge in [0.2, 0.25) is 9.84 Å². The highest BCUT2D eigenvalue weighted by Gasteiger charge is 2.20. The molecule has 0 aliphatic rings. The van der Waals surface area contributed by atoms with Crippen molar-refractivity contribution in [3.05, 3.63) is 45.3 Å². The van der Waals surface area contributed by atoms with Gasteiger partial charge in [0, 0.05) is 0 Å². The minimum Gasteiger partial charge on any atom is -0.496 e. The maximum atomic E-state index is 12.6. The summed E-state index contributed by atoms with van der Waals surface area (Å²) in [5.41, 5.74) is 0. The number of methoxy groups -OCH3 is 2. The van der Waals surface area contributed by atoms with E-state index < -0.39 is 9.84 Å². The zero-order valence-electron chi connectivity index (χ0n) is 11.3. The Kier molecular flexibility index (Phi) is 4.95. The Labute approximate surface area is 140 Å². The van der Waals surface area contributed by atoms with Crippen molar-refractivity contribution in [2.75, 3.05) is 14.2 Å². The molecule has 0 saturated heterocycles. The van der Waals surface area contributed by atoms with Crippen molar-refractivity contribution >= 4 is 41.7 Å². The van der Waals surface area contributed by atoms with Crippen LogP contribution in [0.4, 0.5) is 0 Å². The largest absolute Gasteiger partial charge is 0.496 e. The summed E-state index contributed by atoms with van der Waals surface area (Å²) >= 11 is 6.58. The van der Waals surface area contributed by atoms with Crippen molar-refractivity contribution in [2.45, 2.75) is 9.79 Å². The Morgan fingerprint density at radius 1 is 0.810 bits per heavy atom. The quantitative estimate of drug-likeness (QED) is 0.726. The van der Waals surface area contributed by atoms with E-state index in [9.17, 15) is 8.42 Å². The van der Waals surface area contributed by atoms with Crippen molar-refractivity contribution in [2.24, 2.45) is 0 Å². The van der Waals surface area contributed by atoms with Gasteiger partial charge in [-0.05, 0) is 68.3 Å². The summed E-state index contributed by atoms with van der Waals surface area (Å²) in [7, 11) is -0.560. The van der Waals surface area contributed by atoms with Gasteiger partial charge in [-0.2, -0.15) is 0 Å². The number of rotatable bonds is 4. The van der Waals surface area contributed by atoms with Crippen molar-refractivity contribution in [1.82, 2.24) is 0 Å². The molecule has 0 fully saturated rings.